The summed E-state index contributed by atoms with van der Waals surface area (Å²) in [6.07, 6.45) is 6.96. The lowest BCUT2D eigenvalue weighted by molar-refractivity contribution is -0.130. The Morgan fingerprint density at radius 2 is 2.15 bits per heavy atom. The van der Waals surface area contributed by atoms with E-state index < -0.39 is 0 Å². The van der Waals surface area contributed by atoms with Gasteiger partial charge in [0, 0.05) is 69.8 Å². The number of hydrogen-bond donors (Lipinski definition) is 1. The Hall–Kier alpha value is -1.57. The first kappa shape index (κ1) is 20.2. The quantitative estimate of drug-likeness (QED) is 0.786. The Morgan fingerprint density at radius 1 is 1.41 bits per heavy atom. The summed E-state index contributed by atoms with van der Waals surface area (Å²) in [6, 6.07) is 1.73. The highest BCUT2D eigenvalue weighted by Gasteiger charge is 2.37. The molecular formula is C20H30FN3O3. The van der Waals surface area contributed by atoms with Crippen molar-refractivity contribution < 1.29 is 18.7 Å². The molecule has 2 saturated heterocycles. The first-order valence-corrected chi connectivity index (χ1v) is 9.81. The molecule has 0 radical (unpaired) electrons. The predicted molar refractivity (Wildman–Crippen MR) is 99.6 cm³/mol. The maximum Gasteiger partial charge on any atom is 0.223 e. The van der Waals surface area contributed by atoms with Crippen molar-refractivity contribution in [3.8, 4) is 0 Å². The molecule has 1 aromatic heterocycles. The van der Waals surface area contributed by atoms with Crippen molar-refractivity contribution in [3.05, 3.63) is 29.8 Å². The van der Waals surface area contributed by atoms with E-state index in [1.54, 1.807) is 19.4 Å². The van der Waals surface area contributed by atoms with E-state index in [4.69, 9.17) is 9.47 Å². The summed E-state index contributed by atoms with van der Waals surface area (Å²) in [7, 11) is 1.69. The van der Waals surface area contributed by atoms with Crippen LogP contribution in [0.5, 0.6) is 0 Å². The first-order valence-electron chi connectivity index (χ1n) is 9.81. The molecule has 150 valence electrons. The summed E-state index contributed by atoms with van der Waals surface area (Å²) in [5, 5.41) is 3.35. The number of carbonyl (C=O) groups is 1. The summed E-state index contributed by atoms with van der Waals surface area (Å²) in [5.74, 6) is -0.0771. The molecule has 2 aliphatic heterocycles. The van der Waals surface area contributed by atoms with Gasteiger partial charge in [-0.25, -0.2) is 4.39 Å². The lowest BCUT2D eigenvalue weighted by Gasteiger charge is -2.43. The van der Waals surface area contributed by atoms with Crippen molar-refractivity contribution in [1.82, 2.24) is 15.2 Å². The van der Waals surface area contributed by atoms with Crippen LogP contribution in [-0.2, 0) is 20.8 Å². The standard InChI is InChI=1S/C20H30FN3O3/c1-26-13-7-20(23-19(25)16-3-11-27-12-4-16)5-9-24(10-6-20)15-17-2-8-22-14-18(17)21/h2,8,14,16H,3-7,9-13,15H2,1H3,(H,23,25). The molecule has 0 unspecified atom stereocenters. The minimum Gasteiger partial charge on any atom is -0.385 e. The van der Waals surface area contributed by atoms with E-state index in [0.29, 0.717) is 31.9 Å². The van der Waals surface area contributed by atoms with Gasteiger partial charge in [-0.05, 0) is 38.2 Å². The maximum absolute atomic E-state index is 13.9. The van der Waals surface area contributed by atoms with Crippen LogP contribution < -0.4 is 5.32 Å². The second-order valence-corrected chi connectivity index (χ2v) is 7.64. The lowest BCUT2D eigenvalue weighted by atomic mass is 9.83. The molecule has 0 spiro atoms. The number of nitrogens with zero attached hydrogens (tertiary/aromatic N) is 2. The molecule has 0 bridgehead atoms. The Kier molecular flexibility index (Phi) is 7.15. The maximum atomic E-state index is 13.9. The number of ether oxygens (including phenoxy) is 2. The normalized spacial score (nSPS) is 21.1. The van der Waals surface area contributed by atoms with Crippen LogP contribution in [0.3, 0.4) is 0 Å². The molecule has 0 aromatic carbocycles. The van der Waals surface area contributed by atoms with Gasteiger partial charge in [-0.2, -0.15) is 0 Å². The first-order chi connectivity index (χ1) is 13.1. The van der Waals surface area contributed by atoms with E-state index in [1.165, 1.54) is 6.20 Å². The number of rotatable bonds is 7. The molecule has 1 N–H and O–H groups in total. The summed E-state index contributed by atoms with van der Waals surface area (Å²) in [4.78, 5) is 18.8. The number of pyridine rings is 1. The summed E-state index contributed by atoms with van der Waals surface area (Å²) < 4.78 is 24.5. The second kappa shape index (κ2) is 9.57. The van der Waals surface area contributed by atoms with Crippen LogP contribution in [0.4, 0.5) is 4.39 Å². The van der Waals surface area contributed by atoms with Crippen molar-refractivity contribution in [2.24, 2.45) is 5.92 Å². The minimum atomic E-state index is -0.262. The molecular weight excluding hydrogens is 349 g/mol. The number of likely N-dealkylation sites (tertiary alicyclic amines) is 1. The molecule has 0 aliphatic carbocycles. The van der Waals surface area contributed by atoms with Gasteiger partial charge in [0.05, 0.1) is 6.20 Å². The van der Waals surface area contributed by atoms with Crippen molar-refractivity contribution in [3.63, 3.8) is 0 Å². The third-order valence-electron chi connectivity index (χ3n) is 5.83. The Balaban J connectivity index is 1.59. The monoisotopic (exact) mass is 379 g/mol. The highest BCUT2D eigenvalue weighted by molar-refractivity contribution is 5.79. The third-order valence-corrected chi connectivity index (χ3v) is 5.83. The van der Waals surface area contributed by atoms with Gasteiger partial charge in [0.2, 0.25) is 5.91 Å². The zero-order valence-corrected chi connectivity index (χ0v) is 16.1. The van der Waals surface area contributed by atoms with Crippen LogP contribution in [0, 0.1) is 11.7 Å². The number of halogens is 1. The van der Waals surface area contributed by atoms with Crippen LogP contribution in [0.2, 0.25) is 0 Å². The van der Waals surface area contributed by atoms with Gasteiger partial charge in [-0.3, -0.25) is 14.7 Å². The van der Waals surface area contributed by atoms with Crippen molar-refractivity contribution in [2.45, 2.75) is 44.2 Å². The number of nitrogens with one attached hydrogen (secondary N) is 1. The predicted octanol–water partition coefficient (Wildman–Crippen LogP) is 2.13. The number of amides is 1. The highest BCUT2D eigenvalue weighted by atomic mass is 19.1. The second-order valence-electron chi connectivity index (χ2n) is 7.64. The summed E-state index contributed by atoms with van der Waals surface area (Å²) >= 11 is 0. The third kappa shape index (κ3) is 5.46. The number of carbonyl (C=O) groups excluding carboxylic acids is 1. The van der Waals surface area contributed by atoms with Crippen LogP contribution in [0.25, 0.3) is 0 Å². The molecule has 2 fully saturated rings. The molecule has 0 atom stereocenters. The van der Waals surface area contributed by atoms with Crippen LogP contribution in [-0.4, -0.2) is 61.3 Å². The number of methoxy groups -OCH3 is 1. The summed E-state index contributed by atoms with van der Waals surface area (Å²) in [6.45, 7) is 4.15. The fourth-order valence-electron chi connectivity index (χ4n) is 3.97. The van der Waals surface area contributed by atoms with Crippen LogP contribution in [0.15, 0.2) is 18.5 Å². The summed E-state index contributed by atoms with van der Waals surface area (Å²) in [5.41, 5.74) is 0.430. The van der Waals surface area contributed by atoms with Gasteiger partial charge in [0.15, 0.2) is 0 Å². The van der Waals surface area contributed by atoms with Gasteiger partial charge in [-0.15, -0.1) is 0 Å². The van der Waals surface area contributed by atoms with Crippen molar-refractivity contribution in [2.75, 3.05) is 40.0 Å². The molecule has 3 heterocycles. The van der Waals surface area contributed by atoms with Gasteiger partial charge in [0.25, 0.3) is 0 Å². The molecule has 7 heteroatoms. The Labute approximate surface area is 160 Å². The van der Waals surface area contributed by atoms with E-state index in [9.17, 15) is 9.18 Å². The number of hydrogen-bond acceptors (Lipinski definition) is 5. The molecule has 1 amide bonds. The van der Waals surface area contributed by atoms with Gasteiger partial charge >= 0.3 is 0 Å². The van der Waals surface area contributed by atoms with Crippen LogP contribution in [0.1, 0.15) is 37.7 Å². The smallest absolute Gasteiger partial charge is 0.223 e. The van der Waals surface area contributed by atoms with E-state index >= 15 is 0 Å². The van der Waals surface area contributed by atoms with Gasteiger partial charge < -0.3 is 14.8 Å². The van der Waals surface area contributed by atoms with Gasteiger partial charge in [-0.1, -0.05) is 0 Å². The van der Waals surface area contributed by atoms with Crippen molar-refractivity contribution in [1.29, 1.82) is 0 Å². The fourth-order valence-corrected chi connectivity index (χ4v) is 3.97. The van der Waals surface area contributed by atoms with E-state index in [-0.39, 0.29) is 23.2 Å². The van der Waals surface area contributed by atoms with Crippen LogP contribution >= 0.6 is 0 Å². The SMILES string of the molecule is COCCC1(NC(=O)C2CCOCC2)CCN(Cc2ccncc2F)CC1. The Morgan fingerprint density at radius 3 is 2.81 bits per heavy atom. The fraction of sp³-hybridized carbons (Fsp3) is 0.700. The molecule has 1 aromatic rings. The largest absolute Gasteiger partial charge is 0.385 e. The minimum absolute atomic E-state index is 0.0436. The van der Waals surface area contributed by atoms with Gasteiger partial charge in [0.1, 0.15) is 5.82 Å². The van der Waals surface area contributed by atoms with E-state index in [2.05, 4.69) is 15.2 Å². The zero-order chi connectivity index (χ0) is 19.1. The highest BCUT2D eigenvalue weighted by Crippen LogP contribution is 2.28. The van der Waals surface area contributed by atoms with E-state index in [0.717, 1.165) is 45.2 Å². The molecule has 27 heavy (non-hydrogen) atoms. The number of piperidine rings is 1. The number of aromatic nitrogens is 1. The Bertz CT molecular complexity index is 614. The molecule has 2 aliphatic rings. The van der Waals surface area contributed by atoms with E-state index in [1.807, 2.05) is 0 Å². The molecule has 0 saturated carbocycles. The van der Waals surface area contributed by atoms with Crippen molar-refractivity contribution >= 4 is 5.91 Å². The lowest BCUT2D eigenvalue weighted by Crippen LogP contribution is -2.57. The average Bonchev–Trinajstić information content (AvgIpc) is 2.70. The zero-order valence-electron chi connectivity index (χ0n) is 16.1. The topological polar surface area (TPSA) is 63.7 Å². The molecule has 6 nitrogen and oxygen atoms in total. The molecule has 3 rings (SSSR count). The average molecular weight is 379 g/mol.